The molecule has 0 spiro atoms. The van der Waals surface area contributed by atoms with Gasteiger partial charge in [0.2, 0.25) is 0 Å². The van der Waals surface area contributed by atoms with Crippen LogP contribution in [0.1, 0.15) is 30.4 Å². The highest BCUT2D eigenvalue weighted by atomic mass is 19.1. The van der Waals surface area contributed by atoms with Gasteiger partial charge in [-0.05, 0) is 31.4 Å². The van der Waals surface area contributed by atoms with Gasteiger partial charge < -0.3 is 9.84 Å². The molecule has 92 valence electrons. The van der Waals surface area contributed by atoms with Gasteiger partial charge in [-0.15, -0.1) is 0 Å². The largest absolute Gasteiger partial charge is 0.496 e. The Morgan fingerprint density at radius 3 is 2.53 bits per heavy atom. The second kappa shape index (κ2) is 4.02. The Labute approximate surface area is 99.2 Å². The molecule has 17 heavy (non-hydrogen) atoms. The smallest absolute Gasteiger partial charge is 0.314 e. The first-order valence-electron chi connectivity index (χ1n) is 5.59. The van der Waals surface area contributed by atoms with Crippen LogP contribution in [0.25, 0.3) is 0 Å². The van der Waals surface area contributed by atoms with Crippen molar-refractivity contribution >= 4 is 5.97 Å². The lowest BCUT2D eigenvalue weighted by Gasteiger charge is -2.38. The lowest BCUT2D eigenvalue weighted by Crippen LogP contribution is -2.43. The zero-order valence-corrected chi connectivity index (χ0v) is 9.92. The van der Waals surface area contributed by atoms with Crippen LogP contribution in [0.4, 0.5) is 4.39 Å². The van der Waals surface area contributed by atoms with E-state index in [0.717, 1.165) is 12.0 Å². The van der Waals surface area contributed by atoms with Gasteiger partial charge in [-0.1, -0.05) is 6.42 Å². The number of aliphatic carboxylic acids is 1. The molecule has 0 bridgehead atoms. The topological polar surface area (TPSA) is 46.5 Å². The normalized spacial score (nSPS) is 17.4. The van der Waals surface area contributed by atoms with E-state index in [9.17, 15) is 14.3 Å². The molecule has 2 rings (SSSR count). The molecule has 0 saturated heterocycles. The van der Waals surface area contributed by atoms with E-state index in [1.165, 1.54) is 13.2 Å². The summed E-state index contributed by atoms with van der Waals surface area (Å²) >= 11 is 0. The van der Waals surface area contributed by atoms with Gasteiger partial charge in [-0.3, -0.25) is 4.79 Å². The maximum absolute atomic E-state index is 14.0. The first-order chi connectivity index (χ1) is 8.01. The van der Waals surface area contributed by atoms with E-state index in [1.807, 2.05) is 0 Å². The van der Waals surface area contributed by atoms with Crippen LogP contribution in [0.5, 0.6) is 5.75 Å². The first kappa shape index (κ1) is 11.9. The van der Waals surface area contributed by atoms with Crippen LogP contribution >= 0.6 is 0 Å². The highest BCUT2D eigenvalue weighted by Crippen LogP contribution is 2.46. The molecule has 1 aromatic rings. The monoisotopic (exact) mass is 238 g/mol. The van der Waals surface area contributed by atoms with Crippen LogP contribution in [0, 0.1) is 12.7 Å². The van der Waals surface area contributed by atoms with Gasteiger partial charge in [0.1, 0.15) is 11.6 Å². The average molecular weight is 238 g/mol. The van der Waals surface area contributed by atoms with Crippen LogP contribution in [0.2, 0.25) is 0 Å². The molecule has 1 saturated carbocycles. The molecule has 1 fully saturated rings. The summed E-state index contributed by atoms with van der Waals surface area (Å²) in [4.78, 5) is 11.3. The Morgan fingerprint density at radius 2 is 2.12 bits per heavy atom. The second-order valence-corrected chi connectivity index (χ2v) is 4.54. The molecular weight excluding hydrogens is 223 g/mol. The van der Waals surface area contributed by atoms with Crippen LogP contribution in [0.3, 0.4) is 0 Å². The average Bonchev–Trinajstić information content (AvgIpc) is 2.20. The molecule has 0 unspecified atom stereocenters. The van der Waals surface area contributed by atoms with Crippen LogP contribution in [-0.2, 0) is 10.2 Å². The SMILES string of the molecule is COc1cc(F)c(C2(C(=O)O)CCC2)cc1C. The van der Waals surface area contributed by atoms with E-state index in [1.54, 1.807) is 13.0 Å². The predicted octanol–water partition coefficient (Wildman–Crippen LogP) is 2.65. The Balaban J connectivity index is 2.52. The van der Waals surface area contributed by atoms with Gasteiger partial charge in [-0.2, -0.15) is 0 Å². The molecule has 1 aromatic carbocycles. The van der Waals surface area contributed by atoms with Crippen molar-refractivity contribution in [2.24, 2.45) is 0 Å². The van der Waals surface area contributed by atoms with E-state index in [-0.39, 0.29) is 5.56 Å². The summed E-state index contributed by atoms with van der Waals surface area (Å²) in [6.45, 7) is 1.79. The Kier molecular flexibility index (Phi) is 2.81. The summed E-state index contributed by atoms with van der Waals surface area (Å²) in [6.07, 6.45) is 1.84. The maximum atomic E-state index is 14.0. The first-order valence-corrected chi connectivity index (χ1v) is 5.59. The molecule has 0 amide bonds. The third-order valence-corrected chi connectivity index (χ3v) is 3.62. The summed E-state index contributed by atoms with van der Waals surface area (Å²) < 4.78 is 19.0. The number of carbonyl (C=O) groups is 1. The van der Waals surface area contributed by atoms with E-state index >= 15 is 0 Å². The number of aryl methyl sites for hydroxylation is 1. The fourth-order valence-corrected chi connectivity index (χ4v) is 2.38. The third-order valence-electron chi connectivity index (χ3n) is 3.62. The van der Waals surface area contributed by atoms with E-state index < -0.39 is 17.2 Å². The van der Waals surface area contributed by atoms with Gasteiger partial charge in [0.05, 0.1) is 12.5 Å². The zero-order chi connectivity index (χ0) is 12.6. The summed E-state index contributed by atoms with van der Waals surface area (Å²) in [5.41, 5.74) is 0.0205. The van der Waals surface area contributed by atoms with Crippen molar-refractivity contribution in [1.82, 2.24) is 0 Å². The standard InChI is InChI=1S/C13H15FO3/c1-8-6-9(10(14)7-11(8)17-2)13(12(15)16)4-3-5-13/h6-7H,3-5H2,1-2H3,(H,15,16). The van der Waals surface area contributed by atoms with Gasteiger partial charge in [0.15, 0.2) is 0 Å². The highest BCUT2D eigenvalue weighted by Gasteiger charge is 2.47. The lowest BCUT2D eigenvalue weighted by molar-refractivity contribution is -0.147. The number of benzene rings is 1. The summed E-state index contributed by atoms with van der Waals surface area (Å²) in [5.74, 6) is -0.979. The van der Waals surface area contributed by atoms with Gasteiger partial charge in [0, 0.05) is 11.6 Å². The molecule has 1 N–H and O–H groups in total. The predicted molar refractivity (Wildman–Crippen MR) is 60.9 cm³/mol. The third kappa shape index (κ3) is 1.68. The number of ether oxygens (including phenoxy) is 1. The second-order valence-electron chi connectivity index (χ2n) is 4.54. The fraction of sp³-hybridized carbons (Fsp3) is 0.462. The lowest BCUT2D eigenvalue weighted by atomic mass is 9.64. The quantitative estimate of drug-likeness (QED) is 0.880. The Hall–Kier alpha value is -1.58. The summed E-state index contributed by atoms with van der Waals surface area (Å²) in [7, 11) is 1.47. The summed E-state index contributed by atoms with van der Waals surface area (Å²) in [5, 5.41) is 9.28. The minimum Gasteiger partial charge on any atom is -0.496 e. The molecule has 1 aliphatic carbocycles. The minimum atomic E-state index is -1.03. The number of hydrogen-bond acceptors (Lipinski definition) is 2. The van der Waals surface area contributed by atoms with Crippen molar-refractivity contribution < 1.29 is 19.0 Å². The molecule has 0 aliphatic heterocycles. The van der Waals surface area contributed by atoms with Crippen molar-refractivity contribution in [2.75, 3.05) is 7.11 Å². The number of carboxylic acids is 1. The van der Waals surface area contributed by atoms with Gasteiger partial charge >= 0.3 is 5.97 Å². The molecule has 1 aliphatic rings. The Bertz CT molecular complexity index is 464. The summed E-state index contributed by atoms with van der Waals surface area (Å²) in [6, 6.07) is 2.87. The molecule has 0 atom stereocenters. The van der Waals surface area contributed by atoms with Crippen molar-refractivity contribution in [3.63, 3.8) is 0 Å². The van der Waals surface area contributed by atoms with Gasteiger partial charge in [-0.25, -0.2) is 4.39 Å². The van der Waals surface area contributed by atoms with Crippen LogP contribution in [0.15, 0.2) is 12.1 Å². The number of halogens is 1. The van der Waals surface area contributed by atoms with Crippen molar-refractivity contribution in [3.05, 3.63) is 29.1 Å². The van der Waals surface area contributed by atoms with E-state index in [4.69, 9.17) is 4.74 Å². The molecule has 0 radical (unpaired) electrons. The van der Waals surface area contributed by atoms with Crippen molar-refractivity contribution in [3.8, 4) is 5.75 Å². The number of rotatable bonds is 3. The molecule has 0 aromatic heterocycles. The number of carboxylic acid groups (broad SMARTS) is 1. The maximum Gasteiger partial charge on any atom is 0.314 e. The van der Waals surface area contributed by atoms with Crippen molar-refractivity contribution in [2.45, 2.75) is 31.6 Å². The molecule has 4 heteroatoms. The molecule has 3 nitrogen and oxygen atoms in total. The van der Waals surface area contributed by atoms with Gasteiger partial charge in [0.25, 0.3) is 0 Å². The Morgan fingerprint density at radius 1 is 1.47 bits per heavy atom. The minimum absolute atomic E-state index is 0.287. The number of methoxy groups -OCH3 is 1. The van der Waals surface area contributed by atoms with Crippen LogP contribution in [-0.4, -0.2) is 18.2 Å². The highest BCUT2D eigenvalue weighted by molar-refractivity contribution is 5.82. The van der Waals surface area contributed by atoms with Crippen molar-refractivity contribution in [1.29, 1.82) is 0 Å². The van der Waals surface area contributed by atoms with Crippen LogP contribution < -0.4 is 4.74 Å². The zero-order valence-electron chi connectivity index (χ0n) is 9.92. The molecular formula is C13H15FO3. The number of hydrogen-bond donors (Lipinski definition) is 1. The fourth-order valence-electron chi connectivity index (χ4n) is 2.38. The molecule has 0 heterocycles. The van der Waals surface area contributed by atoms with E-state index in [0.29, 0.717) is 18.6 Å². The van der Waals surface area contributed by atoms with E-state index in [2.05, 4.69) is 0 Å².